The lowest BCUT2D eigenvalue weighted by Crippen LogP contribution is -2.25. The second-order valence-corrected chi connectivity index (χ2v) is 6.63. The van der Waals surface area contributed by atoms with Crippen LogP contribution < -0.4 is 10.9 Å². The molecular weight excluding hydrogens is 306 g/mol. The maximum Gasteiger partial charge on any atom is 0.283 e. The first-order valence-corrected chi connectivity index (χ1v) is 8.00. The molecule has 0 amide bonds. The summed E-state index contributed by atoms with van der Waals surface area (Å²) in [4.78, 5) is 12.2. The molecule has 2 atom stereocenters. The van der Waals surface area contributed by atoms with Crippen LogP contribution in [0.2, 0.25) is 0 Å². The Morgan fingerprint density at radius 1 is 1.53 bits per heavy atom. The molecule has 2 unspecified atom stereocenters. The smallest absolute Gasteiger partial charge is 0.283 e. The molecular formula is C14H20BrN3O. The fraction of sp³-hybridized carbons (Fsp3) is 0.714. The second-order valence-electron chi connectivity index (χ2n) is 5.84. The highest BCUT2D eigenvalue weighted by atomic mass is 79.9. The van der Waals surface area contributed by atoms with E-state index in [2.05, 4.69) is 33.3 Å². The normalized spacial score (nSPS) is 25.4. The lowest BCUT2D eigenvalue weighted by molar-refractivity contribution is 0.531. The quantitative estimate of drug-likeness (QED) is 0.874. The Morgan fingerprint density at radius 3 is 3.00 bits per heavy atom. The number of hydrogen-bond donors (Lipinski definition) is 1. The molecule has 0 aromatic carbocycles. The Kier molecular flexibility index (Phi) is 3.65. The maximum absolute atomic E-state index is 12.2. The zero-order valence-electron chi connectivity index (χ0n) is 11.2. The first-order chi connectivity index (χ1) is 9.19. The van der Waals surface area contributed by atoms with E-state index in [-0.39, 0.29) is 5.56 Å². The Balaban J connectivity index is 1.69. The molecule has 2 aliphatic carbocycles. The van der Waals surface area contributed by atoms with Crippen LogP contribution >= 0.6 is 15.9 Å². The van der Waals surface area contributed by atoms with Gasteiger partial charge in [0.2, 0.25) is 0 Å². The molecule has 0 aliphatic heterocycles. The van der Waals surface area contributed by atoms with Gasteiger partial charge in [0, 0.05) is 12.6 Å². The van der Waals surface area contributed by atoms with Crippen molar-refractivity contribution in [3.63, 3.8) is 0 Å². The topological polar surface area (TPSA) is 46.9 Å². The highest BCUT2D eigenvalue weighted by Gasteiger charge is 2.36. The molecule has 4 nitrogen and oxygen atoms in total. The molecule has 1 N–H and O–H groups in total. The molecule has 2 fully saturated rings. The Hall–Kier alpha value is -0.840. The van der Waals surface area contributed by atoms with E-state index in [4.69, 9.17) is 0 Å². The first kappa shape index (κ1) is 13.2. The fourth-order valence-electron chi connectivity index (χ4n) is 2.55. The maximum atomic E-state index is 12.2. The van der Waals surface area contributed by atoms with Gasteiger partial charge in [-0.2, -0.15) is 5.10 Å². The lowest BCUT2D eigenvalue weighted by Gasteiger charge is -2.10. The second kappa shape index (κ2) is 5.27. The zero-order valence-corrected chi connectivity index (χ0v) is 12.8. The molecule has 5 heteroatoms. The molecule has 1 heterocycles. The van der Waals surface area contributed by atoms with Gasteiger partial charge in [0.15, 0.2) is 0 Å². The zero-order chi connectivity index (χ0) is 13.4. The number of anilines is 1. The molecule has 2 saturated carbocycles. The highest BCUT2D eigenvalue weighted by molar-refractivity contribution is 9.10. The van der Waals surface area contributed by atoms with Crippen molar-refractivity contribution >= 4 is 21.6 Å². The Labute approximate surface area is 121 Å². The summed E-state index contributed by atoms with van der Waals surface area (Å²) in [5.41, 5.74) is 0.838. The molecule has 104 valence electrons. The van der Waals surface area contributed by atoms with Crippen LogP contribution in [-0.4, -0.2) is 15.8 Å². The molecule has 2 aliphatic rings. The van der Waals surface area contributed by atoms with Crippen molar-refractivity contribution in [1.82, 2.24) is 9.78 Å². The van der Waals surface area contributed by atoms with Gasteiger partial charge in [0.1, 0.15) is 4.47 Å². The molecule has 0 spiro atoms. The summed E-state index contributed by atoms with van der Waals surface area (Å²) in [7, 11) is 0. The first-order valence-electron chi connectivity index (χ1n) is 7.21. The van der Waals surface area contributed by atoms with Crippen molar-refractivity contribution in [2.75, 3.05) is 5.32 Å². The summed E-state index contributed by atoms with van der Waals surface area (Å²) in [5.74, 6) is 1.43. The van der Waals surface area contributed by atoms with Crippen LogP contribution in [0.3, 0.4) is 0 Å². The third kappa shape index (κ3) is 3.02. The minimum absolute atomic E-state index is 0.00964. The highest BCUT2D eigenvalue weighted by Crippen LogP contribution is 2.38. The molecule has 0 bridgehead atoms. The van der Waals surface area contributed by atoms with Crippen LogP contribution in [0, 0.1) is 11.8 Å². The van der Waals surface area contributed by atoms with E-state index >= 15 is 0 Å². The van der Waals surface area contributed by atoms with Crippen molar-refractivity contribution in [1.29, 1.82) is 0 Å². The average molecular weight is 326 g/mol. The van der Waals surface area contributed by atoms with Gasteiger partial charge in [-0.05, 0) is 53.4 Å². The van der Waals surface area contributed by atoms with Gasteiger partial charge in [0.05, 0.1) is 11.9 Å². The Morgan fingerprint density at radius 2 is 2.32 bits per heavy atom. The largest absolute Gasteiger partial charge is 0.380 e. The summed E-state index contributed by atoms with van der Waals surface area (Å²) < 4.78 is 2.22. The number of nitrogens with zero attached hydrogens (tertiary/aromatic N) is 2. The SMILES string of the molecule is CCCC1CC1Nc1cnn(CC2CC2)c(=O)c1Br. The van der Waals surface area contributed by atoms with Crippen molar-refractivity contribution in [2.24, 2.45) is 11.8 Å². The van der Waals surface area contributed by atoms with Crippen LogP contribution in [0.1, 0.15) is 39.0 Å². The van der Waals surface area contributed by atoms with E-state index in [1.165, 1.54) is 32.1 Å². The number of nitrogens with one attached hydrogen (secondary N) is 1. The van der Waals surface area contributed by atoms with Crippen molar-refractivity contribution in [3.05, 3.63) is 21.0 Å². The van der Waals surface area contributed by atoms with Gasteiger partial charge in [0.25, 0.3) is 5.56 Å². The molecule has 0 radical (unpaired) electrons. The van der Waals surface area contributed by atoms with E-state index in [0.29, 0.717) is 16.4 Å². The van der Waals surface area contributed by atoms with Gasteiger partial charge in [-0.15, -0.1) is 0 Å². The molecule has 19 heavy (non-hydrogen) atoms. The minimum atomic E-state index is -0.00964. The average Bonchev–Trinajstić information content (AvgIpc) is 3.28. The summed E-state index contributed by atoms with van der Waals surface area (Å²) in [6.45, 7) is 2.98. The Bertz CT molecular complexity index is 524. The van der Waals surface area contributed by atoms with Crippen LogP contribution in [0.4, 0.5) is 5.69 Å². The summed E-state index contributed by atoms with van der Waals surface area (Å²) >= 11 is 3.42. The van der Waals surface area contributed by atoms with E-state index in [1.807, 2.05) is 0 Å². The standard InChI is InChI=1S/C14H20BrN3O/c1-2-3-10-6-11(10)17-12-7-16-18(8-9-4-5-9)14(19)13(12)15/h7,9-11,17H,2-6,8H2,1H3. The van der Waals surface area contributed by atoms with Crippen molar-refractivity contribution in [3.8, 4) is 0 Å². The number of hydrogen-bond acceptors (Lipinski definition) is 3. The molecule has 1 aromatic rings. The van der Waals surface area contributed by atoms with Crippen molar-refractivity contribution < 1.29 is 0 Å². The van der Waals surface area contributed by atoms with Crippen LogP contribution in [0.25, 0.3) is 0 Å². The molecule has 0 saturated heterocycles. The number of halogens is 1. The monoisotopic (exact) mass is 325 g/mol. The van der Waals surface area contributed by atoms with Gasteiger partial charge in [-0.25, -0.2) is 4.68 Å². The summed E-state index contributed by atoms with van der Waals surface area (Å²) in [6.07, 6.45) is 7.95. The van der Waals surface area contributed by atoms with Gasteiger partial charge in [-0.3, -0.25) is 4.79 Å². The predicted octanol–water partition coefficient (Wildman–Crippen LogP) is 3.02. The van der Waals surface area contributed by atoms with E-state index in [9.17, 15) is 4.79 Å². The lowest BCUT2D eigenvalue weighted by atomic mass is 10.2. The summed E-state index contributed by atoms with van der Waals surface area (Å²) in [6, 6.07) is 0.525. The minimum Gasteiger partial charge on any atom is -0.380 e. The number of aromatic nitrogens is 2. The van der Waals surface area contributed by atoms with Gasteiger partial charge in [-0.1, -0.05) is 13.3 Å². The molecule has 1 aromatic heterocycles. The van der Waals surface area contributed by atoms with Gasteiger partial charge >= 0.3 is 0 Å². The van der Waals surface area contributed by atoms with E-state index in [0.717, 1.165) is 18.2 Å². The fourth-order valence-corrected chi connectivity index (χ4v) is 2.98. The third-order valence-electron chi connectivity index (χ3n) is 4.04. The van der Waals surface area contributed by atoms with Crippen LogP contribution in [0.5, 0.6) is 0 Å². The third-order valence-corrected chi connectivity index (χ3v) is 4.80. The van der Waals surface area contributed by atoms with Crippen molar-refractivity contribution in [2.45, 2.75) is 51.6 Å². The van der Waals surface area contributed by atoms with Crippen LogP contribution in [-0.2, 0) is 6.54 Å². The predicted molar refractivity (Wildman–Crippen MR) is 79.3 cm³/mol. The summed E-state index contributed by atoms with van der Waals surface area (Å²) in [5, 5.41) is 7.72. The van der Waals surface area contributed by atoms with Gasteiger partial charge < -0.3 is 5.32 Å². The van der Waals surface area contributed by atoms with E-state index in [1.54, 1.807) is 10.9 Å². The van der Waals surface area contributed by atoms with Crippen LogP contribution in [0.15, 0.2) is 15.5 Å². The number of rotatable bonds is 6. The molecule has 3 rings (SSSR count). The van der Waals surface area contributed by atoms with E-state index < -0.39 is 0 Å².